The summed E-state index contributed by atoms with van der Waals surface area (Å²) < 4.78 is 23.7. The molecular weight excluding hydrogens is 882 g/mol. The van der Waals surface area contributed by atoms with E-state index in [1.54, 1.807) is 24.5 Å². The summed E-state index contributed by atoms with van der Waals surface area (Å²) in [6.07, 6.45) is -4.98. The van der Waals surface area contributed by atoms with Crippen molar-refractivity contribution in [2.75, 3.05) is 13.7 Å². The van der Waals surface area contributed by atoms with Gasteiger partial charge in [0.2, 0.25) is 5.78 Å². The standard InChI is InChI=1S/C27H29NO11.C20H16N2O4.ClH/c1-10-22(31)13(28)6-17(38-10)39-15-8-27(36,16(30)9-29)7-12-19(15)26(35)21-20(24(12)33)23(32)11-4-3-5-14(37-2)18(11)25(21)34;1-2-20(25)14-8-16-17-12(7-11-5-3-4-6-15(11)21-17)9-22(16)18(23)13(14)10-26-19(20)24;/h3-5,10,13,15,17,22,29,31,33,35-36H,6-9,28H2,1-2H3;3-8,25H,2,9-10H2,1H3;1H/t10-,13-,15-,17-,22+,27-;20-;/m00./s1. The molecule has 346 valence electrons. The van der Waals surface area contributed by atoms with E-state index in [1.165, 1.54) is 25.3 Å². The molecule has 10 rings (SSSR count). The van der Waals surface area contributed by atoms with Crippen molar-refractivity contribution >= 4 is 46.6 Å². The molecule has 5 aromatic rings. The molecule has 1 saturated heterocycles. The maximum absolute atomic E-state index is 13.6. The van der Waals surface area contributed by atoms with Crippen LogP contribution in [-0.4, -0.2) is 107 Å². The number of phenols is 2. The van der Waals surface area contributed by atoms with Crippen LogP contribution in [0.2, 0.25) is 0 Å². The molecule has 5 aliphatic rings. The molecule has 0 bridgehead atoms. The van der Waals surface area contributed by atoms with Crippen molar-refractivity contribution < 1.29 is 68.8 Å². The number of aliphatic hydroxyl groups is 4. The molecule has 18 nitrogen and oxygen atoms in total. The van der Waals surface area contributed by atoms with Crippen LogP contribution < -0.4 is 16.0 Å². The predicted molar refractivity (Wildman–Crippen MR) is 234 cm³/mol. The lowest BCUT2D eigenvalue weighted by atomic mass is 9.72. The minimum Gasteiger partial charge on any atom is -0.507 e. The van der Waals surface area contributed by atoms with Crippen LogP contribution in [-0.2, 0) is 49.0 Å². The fraction of sp³-hybridized carbons (Fsp3) is 0.362. The van der Waals surface area contributed by atoms with Gasteiger partial charge in [0.15, 0.2) is 23.5 Å². The maximum atomic E-state index is 13.6. The van der Waals surface area contributed by atoms with Crippen LogP contribution in [0, 0.1) is 0 Å². The van der Waals surface area contributed by atoms with Crippen molar-refractivity contribution in [1.29, 1.82) is 0 Å². The third-order valence-corrected chi connectivity index (χ3v) is 13.2. The number of cyclic esters (lactones) is 1. The number of halogens is 1. The Bertz CT molecular complexity index is 2940. The summed E-state index contributed by atoms with van der Waals surface area (Å²) in [5, 5.41) is 65.5. The molecule has 2 aliphatic carbocycles. The second-order valence-electron chi connectivity index (χ2n) is 17.0. The zero-order chi connectivity index (χ0) is 46.4. The number of hydrogen-bond acceptors (Lipinski definition) is 17. The molecule has 1 fully saturated rings. The molecule has 3 aliphatic heterocycles. The molecule has 0 radical (unpaired) electrons. The van der Waals surface area contributed by atoms with Gasteiger partial charge in [-0.25, -0.2) is 9.78 Å². The number of nitrogens with zero attached hydrogens (tertiary/aromatic N) is 2. The summed E-state index contributed by atoms with van der Waals surface area (Å²) in [6.45, 7) is 2.57. The number of esters is 1. The van der Waals surface area contributed by atoms with E-state index in [1.807, 2.05) is 30.3 Å². The lowest BCUT2D eigenvalue weighted by Gasteiger charge is -2.42. The van der Waals surface area contributed by atoms with Gasteiger partial charge in [0.05, 0.1) is 71.1 Å². The summed E-state index contributed by atoms with van der Waals surface area (Å²) in [5.41, 5.74) is 4.19. The number of aromatic hydroxyl groups is 2. The summed E-state index contributed by atoms with van der Waals surface area (Å²) >= 11 is 0. The lowest BCUT2D eigenvalue weighted by Crippen LogP contribution is -2.53. The maximum Gasteiger partial charge on any atom is 0.343 e. The quantitative estimate of drug-likeness (QED) is 0.0932. The highest BCUT2D eigenvalue weighted by molar-refractivity contribution is 6.31. The van der Waals surface area contributed by atoms with E-state index in [4.69, 9.17) is 29.7 Å². The number of hydrogen-bond donors (Lipinski definition) is 7. The number of fused-ring (bicyclic) bond motifs is 8. The Balaban J connectivity index is 0.000000190. The van der Waals surface area contributed by atoms with Crippen LogP contribution in [0.25, 0.3) is 22.3 Å². The molecule has 7 atom stereocenters. The molecule has 0 amide bonds. The van der Waals surface area contributed by atoms with Crippen molar-refractivity contribution in [3.05, 3.63) is 115 Å². The van der Waals surface area contributed by atoms with Crippen molar-refractivity contribution in [3.8, 4) is 28.6 Å². The van der Waals surface area contributed by atoms with Crippen LogP contribution >= 0.6 is 12.4 Å². The minimum atomic E-state index is -2.24. The van der Waals surface area contributed by atoms with E-state index in [0.29, 0.717) is 23.4 Å². The third-order valence-electron chi connectivity index (χ3n) is 13.2. The summed E-state index contributed by atoms with van der Waals surface area (Å²) in [4.78, 5) is 69.6. The molecule has 2 aromatic heterocycles. The summed E-state index contributed by atoms with van der Waals surface area (Å²) in [5.74, 6) is -4.48. The molecule has 8 N–H and O–H groups in total. The van der Waals surface area contributed by atoms with E-state index in [9.17, 15) is 54.6 Å². The first-order chi connectivity index (χ1) is 31.0. The van der Waals surface area contributed by atoms with Crippen LogP contribution in [0.1, 0.15) is 98.9 Å². The number of aromatic nitrogens is 2. The number of phenolic OH excluding ortho intramolecular Hbond substituents is 2. The van der Waals surface area contributed by atoms with E-state index >= 15 is 0 Å². The number of para-hydroxylation sites is 1. The molecule has 3 aromatic carbocycles. The lowest BCUT2D eigenvalue weighted by molar-refractivity contribution is -0.247. The van der Waals surface area contributed by atoms with Gasteiger partial charge in [-0.15, -0.1) is 12.4 Å². The Labute approximate surface area is 381 Å². The van der Waals surface area contributed by atoms with Gasteiger partial charge in [-0.3, -0.25) is 19.2 Å². The average molecular weight is 928 g/mol. The SMILES string of the molecule is CC[C@@]1(O)C(=O)OCc2c1cc1n(c2=O)Cc2cc3ccccc3nc2-1.COc1cccc2c1C(=O)c1c(O)c3c(c(O)c1C2=O)C[C@@](O)(C(=O)CO)C[C@@H]3O[C@H]1C[C@H](N)[C@H](O)[C@H](C)O1.Cl. The number of nitrogens with two attached hydrogens (primary N) is 1. The number of rotatable bonds is 6. The smallest absolute Gasteiger partial charge is 0.343 e. The van der Waals surface area contributed by atoms with Crippen molar-refractivity contribution in [2.45, 2.75) is 94.5 Å². The molecule has 0 unspecified atom stereocenters. The number of benzene rings is 3. The highest BCUT2D eigenvalue weighted by Crippen LogP contribution is 2.52. The molecular formula is C47H46ClN3O15. The van der Waals surface area contributed by atoms with Crippen LogP contribution in [0.3, 0.4) is 0 Å². The number of ether oxygens (including phenoxy) is 4. The fourth-order valence-electron chi connectivity index (χ4n) is 9.68. The molecule has 0 spiro atoms. The topological polar surface area (TPSA) is 287 Å². The average Bonchev–Trinajstić information content (AvgIpc) is 3.66. The van der Waals surface area contributed by atoms with Gasteiger partial charge in [-0.2, -0.15) is 0 Å². The number of carbonyl (C=O) groups excluding carboxylic acids is 4. The van der Waals surface area contributed by atoms with Crippen LogP contribution in [0.15, 0.2) is 59.4 Å². The van der Waals surface area contributed by atoms with Crippen molar-refractivity contribution in [3.63, 3.8) is 0 Å². The first-order valence-corrected chi connectivity index (χ1v) is 21.0. The Kier molecular flexibility index (Phi) is 11.9. The normalized spacial score (nSPS) is 25.7. The number of ketones is 3. The largest absolute Gasteiger partial charge is 0.507 e. The van der Waals surface area contributed by atoms with Crippen LogP contribution in [0.4, 0.5) is 0 Å². The van der Waals surface area contributed by atoms with Crippen LogP contribution in [0.5, 0.6) is 17.2 Å². The minimum absolute atomic E-state index is 0. The number of aliphatic hydroxyl groups excluding tert-OH is 2. The van der Waals surface area contributed by atoms with E-state index in [-0.39, 0.29) is 65.4 Å². The molecule has 19 heteroatoms. The summed E-state index contributed by atoms with van der Waals surface area (Å²) in [6, 6.07) is 15.2. The number of Topliss-reactive ketones (excluding diaryl/α,β-unsaturated/α-hetero) is 1. The first kappa shape index (κ1) is 46.4. The molecule has 5 heterocycles. The Morgan fingerprint density at radius 3 is 2.41 bits per heavy atom. The molecule has 0 saturated carbocycles. The summed E-state index contributed by atoms with van der Waals surface area (Å²) in [7, 11) is 1.32. The predicted octanol–water partition coefficient (Wildman–Crippen LogP) is 2.50. The van der Waals surface area contributed by atoms with Gasteiger partial charge in [-0.05, 0) is 37.6 Å². The zero-order valence-electron chi connectivity index (χ0n) is 35.8. The highest BCUT2D eigenvalue weighted by Gasteiger charge is 2.50. The van der Waals surface area contributed by atoms with E-state index < -0.39 is 107 Å². The molecule has 66 heavy (non-hydrogen) atoms. The fourth-order valence-corrected chi connectivity index (χ4v) is 9.68. The second-order valence-corrected chi connectivity index (χ2v) is 17.0. The number of pyridine rings is 2. The Morgan fingerprint density at radius 2 is 1.71 bits per heavy atom. The highest BCUT2D eigenvalue weighted by atomic mass is 35.5. The van der Waals surface area contributed by atoms with Gasteiger partial charge in [0.25, 0.3) is 5.56 Å². The zero-order valence-corrected chi connectivity index (χ0v) is 36.6. The van der Waals surface area contributed by atoms with Gasteiger partial charge < -0.3 is 59.9 Å². The number of methoxy groups -OCH3 is 1. The van der Waals surface area contributed by atoms with Crippen molar-refractivity contribution in [1.82, 2.24) is 9.55 Å². The van der Waals surface area contributed by atoms with Gasteiger partial charge in [-0.1, -0.05) is 37.3 Å². The van der Waals surface area contributed by atoms with Gasteiger partial charge >= 0.3 is 5.97 Å². The van der Waals surface area contributed by atoms with E-state index in [0.717, 1.165) is 22.2 Å². The Hall–Kier alpha value is -6.09. The van der Waals surface area contributed by atoms with E-state index in [2.05, 4.69) is 0 Å². The van der Waals surface area contributed by atoms with Crippen molar-refractivity contribution in [2.24, 2.45) is 5.73 Å². The Morgan fingerprint density at radius 1 is 0.985 bits per heavy atom. The van der Waals surface area contributed by atoms with Gasteiger partial charge in [0, 0.05) is 58.5 Å². The van der Waals surface area contributed by atoms with Gasteiger partial charge in [0.1, 0.15) is 36.1 Å². The second kappa shape index (κ2) is 17.0. The number of carbonyl (C=O) groups is 4. The third kappa shape index (κ3) is 7.07. The first-order valence-electron chi connectivity index (χ1n) is 21.0. The monoisotopic (exact) mass is 927 g/mol.